The Kier molecular flexibility index (Phi) is 3.26. The van der Waals surface area contributed by atoms with Crippen molar-refractivity contribution in [3.63, 3.8) is 0 Å². The van der Waals surface area contributed by atoms with E-state index in [1.807, 2.05) is 16.8 Å². The van der Waals surface area contributed by atoms with Gasteiger partial charge >= 0.3 is 5.97 Å². The zero-order valence-corrected chi connectivity index (χ0v) is 12.8. The summed E-state index contributed by atoms with van der Waals surface area (Å²) in [5.74, 6) is -0.742. The van der Waals surface area contributed by atoms with Gasteiger partial charge in [-0.3, -0.25) is 0 Å². The highest BCUT2D eigenvalue weighted by Crippen LogP contribution is 2.33. The summed E-state index contributed by atoms with van der Waals surface area (Å²) in [6, 6.07) is 8.43. The van der Waals surface area contributed by atoms with Crippen molar-refractivity contribution >= 4 is 28.9 Å². The molecule has 3 aromatic rings. The van der Waals surface area contributed by atoms with Gasteiger partial charge in [-0.25, -0.2) is 19.4 Å². The van der Waals surface area contributed by atoms with Gasteiger partial charge in [-0.1, -0.05) is 24.3 Å². The second kappa shape index (κ2) is 5.45. The Balaban J connectivity index is 1.82. The Morgan fingerprint density at radius 1 is 1.25 bits per heavy atom. The Hall–Kier alpha value is -3.22. The number of fused-ring (bicyclic) bond motifs is 2. The molecule has 0 unspecified atom stereocenters. The molecule has 0 aliphatic heterocycles. The van der Waals surface area contributed by atoms with E-state index in [9.17, 15) is 4.79 Å². The van der Waals surface area contributed by atoms with Gasteiger partial charge in [0.2, 0.25) is 0 Å². The molecule has 3 N–H and O–H groups in total. The van der Waals surface area contributed by atoms with Crippen LogP contribution >= 0.6 is 0 Å². The smallest absolute Gasteiger partial charge is 0.328 e. The number of nitrogens with zero attached hydrogens (tertiary/aromatic N) is 4. The summed E-state index contributed by atoms with van der Waals surface area (Å²) in [5.41, 5.74) is 9.68. The maximum absolute atomic E-state index is 10.8. The van der Waals surface area contributed by atoms with E-state index in [-0.39, 0.29) is 6.04 Å². The first-order valence-electron chi connectivity index (χ1n) is 7.60. The van der Waals surface area contributed by atoms with Crippen molar-refractivity contribution in [3.05, 3.63) is 53.5 Å². The summed E-state index contributed by atoms with van der Waals surface area (Å²) >= 11 is 0. The summed E-state index contributed by atoms with van der Waals surface area (Å²) in [5, 5.41) is 14.0. The third-order valence-corrected chi connectivity index (χ3v) is 4.30. The van der Waals surface area contributed by atoms with Crippen LogP contribution in [0.15, 0.2) is 36.7 Å². The molecule has 0 atom stereocenters. The van der Waals surface area contributed by atoms with E-state index in [4.69, 9.17) is 10.8 Å². The molecule has 1 aliphatic carbocycles. The van der Waals surface area contributed by atoms with Crippen LogP contribution in [0.4, 0.5) is 5.82 Å². The van der Waals surface area contributed by atoms with Gasteiger partial charge in [0.15, 0.2) is 5.65 Å². The zero-order valence-electron chi connectivity index (χ0n) is 12.8. The Bertz CT molecular complexity index is 951. The van der Waals surface area contributed by atoms with E-state index >= 15 is 0 Å². The lowest BCUT2D eigenvalue weighted by molar-refractivity contribution is -0.131. The van der Waals surface area contributed by atoms with Gasteiger partial charge in [0.1, 0.15) is 12.1 Å². The highest BCUT2D eigenvalue weighted by Gasteiger charge is 2.26. The van der Waals surface area contributed by atoms with Crippen LogP contribution in [0.5, 0.6) is 0 Å². The second-order valence-corrected chi connectivity index (χ2v) is 5.79. The molecule has 7 heteroatoms. The highest BCUT2D eigenvalue weighted by atomic mass is 16.4. The molecule has 4 rings (SSSR count). The number of benzene rings is 1. The summed E-state index contributed by atoms with van der Waals surface area (Å²) in [6.45, 7) is 0. The van der Waals surface area contributed by atoms with Gasteiger partial charge < -0.3 is 10.8 Å². The van der Waals surface area contributed by atoms with Crippen molar-refractivity contribution in [2.45, 2.75) is 18.9 Å². The van der Waals surface area contributed by atoms with Crippen molar-refractivity contribution < 1.29 is 9.90 Å². The molecule has 120 valence electrons. The lowest BCUT2D eigenvalue weighted by Crippen LogP contribution is -2.11. The number of hydrogen-bond donors (Lipinski definition) is 2. The van der Waals surface area contributed by atoms with Crippen LogP contribution < -0.4 is 5.73 Å². The molecule has 0 saturated heterocycles. The number of rotatable bonds is 3. The third kappa shape index (κ3) is 2.30. The SMILES string of the molecule is Nc1ncnc2c1c(/C=C/C(=O)O)nn2C1Cc2ccccc2C1. The van der Waals surface area contributed by atoms with Gasteiger partial charge in [-0.05, 0) is 30.0 Å². The van der Waals surface area contributed by atoms with E-state index in [1.54, 1.807) is 0 Å². The van der Waals surface area contributed by atoms with E-state index < -0.39 is 5.97 Å². The maximum atomic E-state index is 10.8. The van der Waals surface area contributed by atoms with Crippen LogP contribution in [0.1, 0.15) is 22.9 Å². The van der Waals surface area contributed by atoms with Crippen LogP contribution in [-0.2, 0) is 17.6 Å². The fraction of sp³-hybridized carbons (Fsp3) is 0.176. The fourth-order valence-electron chi connectivity index (χ4n) is 3.25. The van der Waals surface area contributed by atoms with Gasteiger partial charge in [-0.2, -0.15) is 5.10 Å². The molecule has 2 aromatic heterocycles. The minimum atomic E-state index is -1.04. The molecule has 2 heterocycles. The van der Waals surface area contributed by atoms with Crippen LogP contribution in [-0.4, -0.2) is 30.8 Å². The molecule has 0 amide bonds. The number of nitrogens with two attached hydrogens (primary N) is 1. The van der Waals surface area contributed by atoms with Crippen molar-refractivity contribution in [1.29, 1.82) is 0 Å². The summed E-state index contributed by atoms with van der Waals surface area (Å²) < 4.78 is 1.84. The number of aromatic nitrogens is 4. The molecule has 7 nitrogen and oxygen atoms in total. The van der Waals surface area contributed by atoms with Crippen molar-refractivity contribution in [2.24, 2.45) is 0 Å². The molecule has 0 bridgehead atoms. The number of carbonyl (C=O) groups is 1. The van der Waals surface area contributed by atoms with Gasteiger partial charge in [0, 0.05) is 6.08 Å². The predicted molar refractivity (Wildman–Crippen MR) is 89.3 cm³/mol. The predicted octanol–water partition coefficient (Wildman–Crippen LogP) is 1.85. The van der Waals surface area contributed by atoms with Crippen LogP contribution in [0.3, 0.4) is 0 Å². The number of carboxylic acids is 1. The Morgan fingerprint density at radius 2 is 1.96 bits per heavy atom. The topological polar surface area (TPSA) is 107 Å². The molecule has 1 aliphatic rings. The summed E-state index contributed by atoms with van der Waals surface area (Å²) in [7, 11) is 0. The standard InChI is InChI=1S/C17H15N5O2/c18-16-15-13(5-6-14(23)24)21-22(17(15)20-9-19-16)12-7-10-3-1-2-4-11(10)8-12/h1-6,9,12H,7-8H2,(H,23,24)(H2,18,19,20)/b6-5+. The first kappa shape index (κ1) is 14.4. The molecule has 1 aromatic carbocycles. The lowest BCUT2D eigenvalue weighted by atomic mass is 10.1. The van der Waals surface area contributed by atoms with Gasteiger partial charge in [0.25, 0.3) is 0 Å². The third-order valence-electron chi connectivity index (χ3n) is 4.30. The Morgan fingerprint density at radius 3 is 2.62 bits per heavy atom. The summed E-state index contributed by atoms with van der Waals surface area (Å²) in [6.07, 6.45) is 5.60. The maximum Gasteiger partial charge on any atom is 0.328 e. The van der Waals surface area contributed by atoms with Gasteiger partial charge in [0.05, 0.1) is 17.1 Å². The zero-order chi connectivity index (χ0) is 16.7. The largest absolute Gasteiger partial charge is 0.478 e. The number of carboxylic acid groups (broad SMARTS) is 1. The first-order valence-corrected chi connectivity index (χ1v) is 7.60. The van der Waals surface area contributed by atoms with Crippen molar-refractivity contribution in [2.75, 3.05) is 5.73 Å². The molecule has 0 radical (unpaired) electrons. The van der Waals surface area contributed by atoms with Crippen molar-refractivity contribution in [3.8, 4) is 0 Å². The molecular weight excluding hydrogens is 306 g/mol. The molecule has 0 saturated carbocycles. The number of anilines is 1. The number of nitrogen functional groups attached to an aromatic ring is 1. The minimum absolute atomic E-state index is 0.131. The quantitative estimate of drug-likeness (QED) is 0.713. The van der Waals surface area contributed by atoms with E-state index in [2.05, 4.69) is 27.2 Å². The van der Waals surface area contributed by atoms with Crippen molar-refractivity contribution in [1.82, 2.24) is 19.7 Å². The molecule has 0 fully saturated rings. The fourth-order valence-corrected chi connectivity index (χ4v) is 3.25. The average molecular weight is 321 g/mol. The second-order valence-electron chi connectivity index (χ2n) is 5.79. The average Bonchev–Trinajstić information content (AvgIpc) is 3.14. The normalized spacial score (nSPS) is 14.5. The van der Waals surface area contributed by atoms with Crippen LogP contribution in [0.2, 0.25) is 0 Å². The minimum Gasteiger partial charge on any atom is -0.478 e. The van der Waals surface area contributed by atoms with Gasteiger partial charge in [-0.15, -0.1) is 0 Å². The monoisotopic (exact) mass is 321 g/mol. The van der Waals surface area contributed by atoms with E-state index in [1.165, 1.54) is 23.5 Å². The first-order chi connectivity index (χ1) is 11.6. The molecule has 24 heavy (non-hydrogen) atoms. The highest BCUT2D eigenvalue weighted by molar-refractivity contribution is 5.95. The Labute approximate surface area is 137 Å². The summed E-state index contributed by atoms with van der Waals surface area (Å²) in [4.78, 5) is 19.2. The lowest BCUT2D eigenvalue weighted by Gasteiger charge is -2.10. The van der Waals surface area contributed by atoms with Crippen LogP contribution in [0, 0.1) is 0 Å². The van der Waals surface area contributed by atoms with Crippen LogP contribution in [0.25, 0.3) is 17.1 Å². The number of aliphatic carboxylic acids is 1. The molecular formula is C17H15N5O2. The molecule has 0 spiro atoms. The van der Waals surface area contributed by atoms with E-state index in [0.717, 1.165) is 18.9 Å². The van der Waals surface area contributed by atoms with E-state index in [0.29, 0.717) is 22.5 Å². The number of hydrogen-bond acceptors (Lipinski definition) is 5.